The number of hydrogen-bond acceptors (Lipinski definition) is 9. The lowest BCUT2D eigenvalue weighted by molar-refractivity contribution is -0.147. The quantitative estimate of drug-likeness (QED) is 0.329. The van der Waals surface area contributed by atoms with Gasteiger partial charge in [0.25, 0.3) is 0 Å². The molecule has 2 atom stereocenters. The number of amides is 2. The van der Waals surface area contributed by atoms with E-state index in [1.165, 1.54) is 23.5 Å². The van der Waals surface area contributed by atoms with Crippen molar-refractivity contribution >= 4 is 35.1 Å². The number of ether oxygens (including phenoxy) is 1. The summed E-state index contributed by atoms with van der Waals surface area (Å²) in [6.07, 6.45) is 7.35. The third-order valence-electron chi connectivity index (χ3n) is 7.80. The molecule has 11 nitrogen and oxygen atoms in total. The zero-order valence-electron chi connectivity index (χ0n) is 24.2. The molecular formula is C30H33FN6O5S. The fourth-order valence-corrected chi connectivity index (χ4v) is 6.24. The highest BCUT2D eigenvalue weighted by Crippen LogP contribution is 2.36. The smallest absolute Gasteiger partial charge is 0.338 e. The van der Waals surface area contributed by atoms with Crippen LogP contribution < -0.4 is 5.32 Å². The Balaban J connectivity index is 1.48. The number of rotatable bonds is 9. The van der Waals surface area contributed by atoms with Crippen molar-refractivity contribution in [3.8, 4) is 12.3 Å². The predicted molar refractivity (Wildman–Crippen MR) is 158 cm³/mol. The fourth-order valence-electron chi connectivity index (χ4n) is 5.65. The number of aliphatic carboxylic acids is 1. The van der Waals surface area contributed by atoms with Gasteiger partial charge in [-0.3, -0.25) is 14.7 Å². The van der Waals surface area contributed by atoms with Gasteiger partial charge in [0.15, 0.2) is 10.8 Å². The Morgan fingerprint density at radius 3 is 2.77 bits per heavy atom. The number of terminal acetylenes is 1. The second kappa shape index (κ2) is 12.1. The van der Waals surface area contributed by atoms with E-state index in [-0.39, 0.29) is 42.9 Å². The van der Waals surface area contributed by atoms with E-state index in [1.807, 2.05) is 5.38 Å². The average molecular weight is 609 g/mol. The summed E-state index contributed by atoms with van der Waals surface area (Å²) in [6.45, 7) is 7.29. The standard InChI is InChI=1S/C30H33FN6O5S/c1-5-19-20(8-7-9-21(19)31)24-23(27(38)42-6-2)22(33-25(34-24)26-32-10-13-43-26)16-35-11-12-37-18(14-35)15-36(29(37)41)17-30(3,4)28(39)40/h1,7-10,13,18,24H,6,11-12,14-17H2,2-4H3,(H,33,34)(H,39,40)/t18-,24?/m0/s1. The van der Waals surface area contributed by atoms with E-state index in [4.69, 9.17) is 16.2 Å². The van der Waals surface area contributed by atoms with Crippen molar-refractivity contribution in [2.75, 3.05) is 45.9 Å². The number of carbonyl (C=O) groups is 3. The molecule has 2 fully saturated rings. The minimum Gasteiger partial charge on any atom is -0.481 e. The summed E-state index contributed by atoms with van der Waals surface area (Å²) < 4.78 is 20.3. The Bertz CT molecular complexity index is 1530. The number of aliphatic imine (C=N–C) groups is 1. The molecule has 2 aromatic rings. The first-order chi connectivity index (χ1) is 20.5. The zero-order chi connectivity index (χ0) is 30.9. The Morgan fingerprint density at radius 1 is 1.30 bits per heavy atom. The molecule has 0 saturated carbocycles. The van der Waals surface area contributed by atoms with Crippen LogP contribution in [-0.4, -0.2) is 101 Å². The number of hydrogen-bond donors (Lipinski definition) is 2. The topological polar surface area (TPSA) is 128 Å². The summed E-state index contributed by atoms with van der Waals surface area (Å²) in [5.41, 5.74) is 0.0441. The normalized spacial score (nSPS) is 20.8. The summed E-state index contributed by atoms with van der Waals surface area (Å²) in [7, 11) is 0. The van der Waals surface area contributed by atoms with Gasteiger partial charge in [-0.25, -0.2) is 19.0 Å². The number of esters is 1. The van der Waals surface area contributed by atoms with Crippen LogP contribution in [0.15, 0.2) is 46.0 Å². The van der Waals surface area contributed by atoms with Crippen molar-refractivity contribution in [3.63, 3.8) is 0 Å². The number of fused-ring (bicyclic) bond motifs is 1. The number of carboxylic acids is 1. The molecule has 13 heteroatoms. The summed E-state index contributed by atoms with van der Waals surface area (Å²) in [6, 6.07) is 3.18. The van der Waals surface area contributed by atoms with Crippen LogP contribution >= 0.6 is 11.3 Å². The van der Waals surface area contributed by atoms with Gasteiger partial charge in [-0.15, -0.1) is 17.8 Å². The molecular weight excluding hydrogens is 575 g/mol. The Morgan fingerprint density at radius 2 is 2.09 bits per heavy atom. The van der Waals surface area contributed by atoms with Crippen LogP contribution in [0.3, 0.4) is 0 Å². The fraction of sp³-hybridized carbons (Fsp3) is 0.433. The second-order valence-electron chi connectivity index (χ2n) is 11.2. The van der Waals surface area contributed by atoms with Crippen molar-refractivity contribution < 1.29 is 28.6 Å². The molecule has 2 saturated heterocycles. The number of nitrogens with zero attached hydrogens (tertiary/aromatic N) is 5. The summed E-state index contributed by atoms with van der Waals surface area (Å²) >= 11 is 1.36. The SMILES string of the molecule is C#Cc1c(F)cccc1C1N=C(c2nccs2)NC(CN2CCN3C(=O)N(CC(C)(C)C(=O)O)C[C@@H]3C2)=C1C(=O)OCC. The number of halogens is 1. The lowest BCUT2D eigenvalue weighted by atomic mass is 9.91. The number of urea groups is 1. The van der Waals surface area contributed by atoms with Gasteiger partial charge in [-0.1, -0.05) is 18.1 Å². The van der Waals surface area contributed by atoms with Crippen molar-refractivity contribution in [2.24, 2.45) is 10.4 Å². The molecule has 43 heavy (non-hydrogen) atoms. The van der Waals surface area contributed by atoms with Crippen LogP contribution in [0.25, 0.3) is 0 Å². The van der Waals surface area contributed by atoms with E-state index in [0.717, 1.165) is 0 Å². The van der Waals surface area contributed by atoms with Crippen molar-refractivity contribution in [2.45, 2.75) is 32.9 Å². The number of amidine groups is 1. The molecule has 3 aliphatic heterocycles. The van der Waals surface area contributed by atoms with E-state index in [2.05, 4.69) is 21.1 Å². The molecule has 1 aromatic carbocycles. The summed E-state index contributed by atoms with van der Waals surface area (Å²) in [5.74, 6) is 0.684. The van der Waals surface area contributed by atoms with Gasteiger partial charge >= 0.3 is 18.0 Å². The number of piperazine rings is 1. The van der Waals surface area contributed by atoms with Gasteiger partial charge in [0.1, 0.15) is 11.9 Å². The highest BCUT2D eigenvalue weighted by molar-refractivity contribution is 7.11. The third-order valence-corrected chi connectivity index (χ3v) is 8.58. The maximum atomic E-state index is 14.8. The first-order valence-electron chi connectivity index (χ1n) is 13.9. The van der Waals surface area contributed by atoms with Crippen LogP contribution in [0.2, 0.25) is 0 Å². The molecule has 0 spiro atoms. The lowest BCUT2D eigenvalue weighted by Crippen LogP contribution is -2.53. The van der Waals surface area contributed by atoms with Gasteiger partial charge < -0.3 is 25.0 Å². The number of aromatic nitrogens is 1. The minimum absolute atomic E-state index is 0.0141. The molecule has 1 aromatic heterocycles. The molecule has 1 unspecified atom stereocenters. The van der Waals surface area contributed by atoms with E-state index in [0.29, 0.717) is 48.3 Å². The molecule has 4 heterocycles. The van der Waals surface area contributed by atoms with Crippen molar-refractivity contribution in [1.82, 2.24) is 25.0 Å². The molecule has 5 rings (SSSR count). The van der Waals surface area contributed by atoms with E-state index < -0.39 is 29.2 Å². The number of benzene rings is 1. The summed E-state index contributed by atoms with van der Waals surface area (Å²) in [5, 5.41) is 15.3. The van der Waals surface area contributed by atoms with Gasteiger partial charge in [-0.05, 0) is 32.4 Å². The number of carboxylic acid groups (broad SMARTS) is 1. The average Bonchev–Trinajstić information content (AvgIpc) is 3.61. The molecule has 2 amide bonds. The monoisotopic (exact) mass is 608 g/mol. The van der Waals surface area contributed by atoms with Crippen LogP contribution in [0.1, 0.15) is 42.9 Å². The maximum Gasteiger partial charge on any atom is 0.338 e. The Kier molecular flexibility index (Phi) is 8.52. The number of carbonyl (C=O) groups excluding carboxylic acids is 2. The molecule has 0 radical (unpaired) electrons. The molecule has 2 N–H and O–H groups in total. The predicted octanol–water partition coefficient (Wildman–Crippen LogP) is 2.70. The Hall–Kier alpha value is -4.28. The van der Waals surface area contributed by atoms with Crippen molar-refractivity contribution in [1.29, 1.82) is 0 Å². The second-order valence-corrected chi connectivity index (χ2v) is 12.1. The van der Waals surface area contributed by atoms with Gasteiger partial charge in [0.05, 0.1) is 29.2 Å². The molecule has 0 aliphatic carbocycles. The van der Waals surface area contributed by atoms with E-state index >= 15 is 0 Å². The first kappa shape index (κ1) is 30.2. The van der Waals surface area contributed by atoms with Crippen molar-refractivity contribution in [3.05, 3.63) is 63.0 Å². The van der Waals surface area contributed by atoms with Crippen LogP contribution in [0, 0.1) is 23.6 Å². The molecule has 3 aliphatic rings. The van der Waals surface area contributed by atoms with E-state index in [9.17, 15) is 23.9 Å². The van der Waals surface area contributed by atoms with Gasteiger partial charge in [0.2, 0.25) is 0 Å². The lowest BCUT2D eigenvalue weighted by Gasteiger charge is -2.38. The first-order valence-corrected chi connectivity index (χ1v) is 14.8. The number of nitrogens with one attached hydrogen (secondary N) is 1. The zero-order valence-corrected chi connectivity index (χ0v) is 25.0. The van der Waals surface area contributed by atoms with E-state index in [1.54, 1.807) is 42.8 Å². The Labute approximate surface area is 253 Å². The summed E-state index contributed by atoms with van der Waals surface area (Å²) in [4.78, 5) is 53.0. The van der Waals surface area contributed by atoms with Crippen LogP contribution in [0.4, 0.5) is 9.18 Å². The van der Waals surface area contributed by atoms with Crippen LogP contribution in [-0.2, 0) is 14.3 Å². The molecule has 226 valence electrons. The van der Waals surface area contributed by atoms with Gasteiger partial charge in [-0.2, -0.15) is 0 Å². The van der Waals surface area contributed by atoms with Crippen LogP contribution in [0.5, 0.6) is 0 Å². The highest BCUT2D eigenvalue weighted by atomic mass is 32.1. The minimum atomic E-state index is -1.08. The third kappa shape index (κ3) is 5.98. The largest absolute Gasteiger partial charge is 0.481 e. The molecule has 0 bridgehead atoms. The van der Waals surface area contributed by atoms with Gasteiger partial charge in [0, 0.05) is 56.5 Å². The number of thiazole rings is 1. The highest BCUT2D eigenvalue weighted by Gasteiger charge is 2.44. The maximum absolute atomic E-state index is 14.8.